The quantitative estimate of drug-likeness (QED) is 0.454. The van der Waals surface area contributed by atoms with E-state index >= 15 is 0 Å². The van der Waals surface area contributed by atoms with Crippen molar-refractivity contribution in [3.63, 3.8) is 0 Å². The SMILES string of the molecule is CCC(C)(C)C1CCc2c(sc(NC(=O)COC(=O)c3cc(C)nc4ccccc34)c2C#N)C1. The molecule has 1 unspecified atom stereocenters. The fourth-order valence-electron chi connectivity index (χ4n) is 4.60. The molecule has 0 aliphatic heterocycles. The van der Waals surface area contributed by atoms with E-state index in [-0.39, 0.29) is 5.41 Å². The zero-order valence-corrected chi connectivity index (χ0v) is 20.8. The monoisotopic (exact) mass is 475 g/mol. The summed E-state index contributed by atoms with van der Waals surface area (Å²) in [6.07, 6.45) is 3.92. The largest absolute Gasteiger partial charge is 0.452 e. The van der Waals surface area contributed by atoms with Crippen molar-refractivity contribution in [2.45, 2.75) is 53.4 Å². The summed E-state index contributed by atoms with van der Waals surface area (Å²) in [6.45, 7) is 8.20. The molecule has 1 amide bonds. The number of hydrogen-bond acceptors (Lipinski definition) is 6. The zero-order valence-electron chi connectivity index (χ0n) is 20.0. The third-order valence-corrected chi connectivity index (χ3v) is 8.21. The number of aryl methyl sites for hydroxylation is 1. The molecule has 34 heavy (non-hydrogen) atoms. The number of fused-ring (bicyclic) bond motifs is 2. The maximum absolute atomic E-state index is 12.7. The first-order valence-electron chi connectivity index (χ1n) is 11.6. The first kappa shape index (κ1) is 23.9. The lowest BCUT2D eigenvalue weighted by molar-refractivity contribution is -0.119. The summed E-state index contributed by atoms with van der Waals surface area (Å²) in [5.74, 6) is -0.477. The van der Waals surface area contributed by atoms with Gasteiger partial charge < -0.3 is 10.1 Å². The van der Waals surface area contributed by atoms with Crippen LogP contribution >= 0.6 is 11.3 Å². The molecule has 6 nitrogen and oxygen atoms in total. The summed E-state index contributed by atoms with van der Waals surface area (Å²) in [6, 6.07) is 11.3. The van der Waals surface area contributed by atoms with E-state index in [2.05, 4.69) is 37.1 Å². The van der Waals surface area contributed by atoms with Crippen molar-refractivity contribution in [2.75, 3.05) is 11.9 Å². The van der Waals surface area contributed by atoms with Gasteiger partial charge >= 0.3 is 5.97 Å². The molecule has 0 fully saturated rings. The van der Waals surface area contributed by atoms with Gasteiger partial charge in [0.15, 0.2) is 6.61 Å². The molecule has 1 aromatic carbocycles. The maximum atomic E-state index is 12.7. The van der Waals surface area contributed by atoms with Gasteiger partial charge in [0.2, 0.25) is 0 Å². The van der Waals surface area contributed by atoms with Crippen LogP contribution in [0, 0.1) is 29.6 Å². The molecule has 0 bridgehead atoms. The number of para-hydroxylation sites is 1. The van der Waals surface area contributed by atoms with E-state index in [0.29, 0.717) is 38.6 Å². The number of aromatic nitrogens is 1. The molecule has 0 saturated heterocycles. The van der Waals surface area contributed by atoms with E-state index in [1.165, 1.54) is 16.2 Å². The number of benzene rings is 1. The summed E-state index contributed by atoms with van der Waals surface area (Å²) < 4.78 is 5.32. The predicted molar refractivity (Wildman–Crippen MR) is 134 cm³/mol. The number of thiophene rings is 1. The lowest BCUT2D eigenvalue weighted by Crippen LogP contribution is -2.28. The van der Waals surface area contributed by atoms with Gasteiger partial charge in [0.25, 0.3) is 5.91 Å². The number of ether oxygens (including phenoxy) is 1. The molecule has 0 spiro atoms. The second-order valence-corrected chi connectivity index (χ2v) is 10.7. The summed E-state index contributed by atoms with van der Waals surface area (Å²) in [5, 5.41) is 13.8. The van der Waals surface area contributed by atoms with Crippen molar-refractivity contribution < 1.29 is 14.3 Å². The van der Waals surface area contributed by atoms with E-state index < -0.39 is 18.5 Å². The van der Waals surface area contributed by atoms with Crippen LogP contribution in [0.15, 0.2) is 30.3 Å². The Balaban J connectivity index is 1.45. The molecule has 1 N–H and O–H groups in total. The first-order chi connectivity index (χ1) is 16.2. The normalized spacial score (nSPS) is 15.4. The lowest BCUT2D eigenvalue weighted by atomic mass is 9.69. The van der Waals surface area contributed by atoms with Crippen molar-refractivity contribution in [3.8, 4) is 6.07 Å². The molecule has 0 saturated carbocycles. The molecule has 0 radical (unpaired) electrons. The number of carbonyl (C=O) groups is 2. The molecule has 2 heterocycles. The van der Waals surface area contributed by atoms with Gasteiger partial charge in [-0.25, -0.2) is 4.79 Å². The molecule has 1 aliphatic rings. The highest BCUT2D eigenvalue weighted by Gasteiger charge is 2.34. The zero-order chi connectivity index (χ0) is 24.5. The smallest absolute Gasteiger partial charge is 0.339 e. The fraction of sp³-hybridized carbons (Fsp3) is 0.407. The Kier molecular flexibility index (Phi) is 6.72. The Bertz CT molecular complexity index is 1300. The summed E-state index contributed by atoms with van der Waals surface area (Å²) in [4.78, 5) is 31.0. The number of nitrogens with zero attached hydrogens (tertiary/aromatic N) is 2. The van der Waals surface area contributed by atoms with E-state index in [0.717, 1.165) is 31.2 Å². The summed E-state index contributed by atoms with van der Waals surface area (Å²) in [5.41, 5.74) is 3.62. The van der Waals surface area contributed by atoms with Gasteiger partial charge in [-0.15, -0.1) is 11.3 Å². The number of nitriles is 1. The second-order valence-electron chi connectivity index (χ2n) is 9.55. The van der Waals surface area contributed by atoms with Crippen molar-refractivity contribution in [1.82, 2.24) is 4.98 Å². The highest BCUT2D eigenvalue weighted by atomic mass is 32.1. The molecule has 1 aliphatic carbocycles. The average molecular weight is 476 g/mol. The van der Waals surface area contributed by atoms with Crippen LogP contribution in [0.5, 0.6) is 0 Å². The van der Waals surface area contributed by atoms with E-state index in [4.69, 9.17) is 4.74 Å². The van der Waals surface area contributed by atoms with Crippen molar-refractivity contribution >= 4 is 39.1 Å². The van der Waals surface area contributed by atoms with Crippen LogP contribution in [0.2, 0.25) is 0 Å². The van der Waals surface area contributed by atoms with Gasteiger partial charge in [0, 0.05) is 16.0 Å². The van der Waals surface area contributed by atoms with E-state index in [1.54, 1.807) is 12.1 Å². The van der Waals surface area contributed by atoms with Crippen LogP contribution in [0.1, 0.15) is 65.7 Å². The standard InChI is InChI=1S/C27H29N3O3S/c1-5-27(3,4)17-10-11-19-21(14-28)25(34-23(19)13-17)30-24(31)15-33-26(32)20-12-16(2)29-22-9-7-6-8-18(20)22/h6-9,12,17H,5,10-11,13,15H2,1-4H3,(H,30,31). The predicted octanol–water partition coefficient (Wildman–Crippen LogP) is 5.81. The number of amides is 1. The molecular weight excluding hydrogens is 446 g/mol. The number of pyridine rings is 1. The van der Waals surface area contributed by atoms with Crippen LogP contribution in [-0.4, -0.2) is 23.5 Å². The van der Waals surface area contributed by atoms with Gasteiger partial charge in [0.05, 0.1) is 16.6 Å². The summed E-state index contributed by atoms with van der Waals surface area (Å²) >= 11 is 1.48. The number of esters is 1. The topological polar surface area (TPSA) is 92.1 Å². The Hall–Kier alpha value is -3.24. The van der Waals surface area contributed by atoms with Crippen molar-refractivity contribution in [2.24, 2.45) is 11.3 Å². The van der Waals surface area contributed by atoms with Gasteiger partial charge in [-0.2, -0.15) is 5.26 Å². The third kappa shape index (κ3) is 4.69. The number of hydrogen-bond donors (Lipinski definition) is 1. The lowest BCUT2D eigenvalue weighted by Gasteiger charge is -2.36. The fourth-order valence-corrected chi connectivity index (χ4v) is 5.89. The molecule has 7 heteroatoms. The van der Waals surface area contributed by atoms with E-state index in [1.807, 2.05) is 25.1 Å². The van der Waals surface area contributed by atoms with Gasteiger partial charge in [0.1, 0.15) is 11.1 Å². The molecule has 3 aromatic rings. The molecule has 2 aromatic heterocycles. The molecule has 176 valence electrons. The number of carbonyl (C=O) groups excluding carboxylic acids is 2. The molecule has 4 rings (SSSR count). The second kappa shape index (κ2) is 9.55. The van der Waals surface area contributed by atoms with Crippen LogP contribution < -0.4 is 5.32 Å². The van der Waals surface area contributed by atoms with Gasteiger partial charge in [-0.1, -0.05) is 45.4 Å². The Morgan fingerprint density at radius 3 is 2.82 bits per heavy atom. The first-order valence-corrected chi connectivity index (χ1v) is 12.4. The maximum Gasteiger partial charge on any atom is 0.339 e. The van der Waals surface area contributed by atoms with E-state index in [9.17, 15) is 14.9 Å². The highest BCUT2D eigenvalue weighted by Crippen LogP contribution is 2.45. The Morgan fingerprint density at radius 1 is 1.32 bits per heavy atom. The number of nitrogens with one attached hydrogen (secondary N) is 1. The average Bonchev–Trinajstić information content (AvgIpc) is 3.17. The minimum atomic E-state index is -0.576. The van der Waals surface area contributed by atoms with Crippen LogP contribution in [0.25, 0.3) is 10.9 Å². The highest BCUT2D eigenvalue weighted by molar-refractivity contribution is 7.16. The van der Waals surface area contributed by atoms with Crippen LogP contribution in [0.4, 0.5) is 5.00 Å². The minimum absolute atomic E-state index is 0.238. The Morgan fingerprint density at radius 2 is 2.09 bits per heavy atom. The Labute approximate surface area is 204 Å². The van der Waals surface area contributed by atoms with Crippen molar-refractivity contribution in [3.05, 3.63) is 57.6 Å². The van der Waals surface area contributed by atoms with Crippen LogP contribution in [-0.2, 0) is 22.4 Å². The number of rotatable bonds is 6. The van der Waals surface area contributed by atoms with Gasteiger partial charge in [-0.3, -0.25) is 9.78 Å². The molecule has 1 atom stereocenters. The minimum Gasteiger partial charge on any atom is -0.452 e. The molecular formula is C27H29N3O3S. The summed E-state index contributed by atoms with van der Waals surface area (Å²) in [7, 11) is 0. The van der Waals surface area contributed by atoms with Crippen molar-refractivity contribution in [1.29, 1.82) is 5.26 Å². The third-order valence-electron chi connectivity index (χ3n) is 7.04. The van der Waals surface area contributed by atoms with Gasteiger partial charge in [-0.05, 0) is 55.2 Å². The number of anilines is 1. The van der Waals surface area contributed by atoms with Crippen LogP contribution in [0.3, 0.4) is 0 Å².